The van der Waals surface area contributed by atoms with Gasteiger partial charge in [-0.05, 0) is 93.7 Å². The molecule has 8 nitrogen and oxygen atoms in total. The third kappa shape index (κ3) is 6.14. The Hall–Kier alpha value is -2.04. The van der Waals surface area contributed by atoms with Gasteiger partial charge in [0.15, 0.2) is 11.0 Å². The van der Waals surface area contributed by atoms with Gasteiger partial charge in [0.2, 0.25) is 0 Å². The minimum absolute atomic E-state index is 0.0815. The highest BCUT2D eigenvalue weighted by molar-refractivity contribution is 14.1. The number of carbonyl (C=O) groups excluding carboxylic acids is 1. The summed E-state index contributed by atoms with van der Waals surface area (Å²) >= 11 is 8.91. The lowest BCUT2D eigenvalue weighted by atomic mass is 10.2. The Kier molecular flexibility index (Phi) is 8.55. The van der Waals surface area contributed by atoms with Crippen LogP contribution in [0.2, 0.25) is 0 Å². The van der Waals surface area contributed by atoms with Gasteiger partial charge in [0.1, 0.15) is 5.75 Å². The van der Waals surface area contributed by atoms with E-state index in [1.54, 1.807) is 18.5 Å². The maximum Gasteiger partial charge on any atom is 0.250 e. The van der Waals surface area contributed by atoms with Crippen LogP contribution >= 0.6 is 72.9 Å². The van der Waals surface area contributed by atoms with Crippen LogP contribution in [-0.2, 0) is 4.79 Å². The Labute approximate surface area is 235 Å². The molecule has 0 saturated carbocycles. The summed E-state index contributed by atoms with van der Waals surface area (Å²) in [6.07, 6.45) is 4.82. The van der Waals surface area contributed by atoms with Crippen LogP contribution in [0.1, 0.15) is 5.56 Å². The summed E-state index contributed by atoms with van der Waals surface area (Å²) in [7, 11) is 0. The molecule has 0 aliphatic carbocycles. The molecule has 0 aliphatic heterocycles. The Balaban J connectivity index is 1.50. The van der Waals surface area contributed by atoms with Gasteiger partial charge < -0.3 is 5.11 Å². The van der Waals surface area contributed by atoms with Crippen molar-refractivity contribution in [3.05, 3.63) is 78.1 Å². The number of phenols is 1. The van der Waals surface area contributed by atoms with E-state index in [0.29, 0.717) is 20.1 Å². The van der Waals surface area contributed by atoms with Crippen molar-refractivity contribution in [1.29, 1.82) is 0 Å². The standard InChI is InChI=1S/C22H15BrI2N6O2S/c23-15-1-3-17(4-2-15)31-21(13-5-7-26-8-6-13)29-30-22(31)34-12-19(32)28-27-11-14-9-16(24)10-18(25)20(14)33/h1-11,33H,12H2,(H,28,32)/b27-11-. The van der Waals surface area contributed by atoms with Gasteiger partial charge in [0.25, 0.3) is 5.91 Å². The van der Waals surface area contributed by atoms with Crippen LogP contribution < -0.4 is 5.43 Å². The molecule has 0 bridgehead atoms. The number of phenolic OH excluding ortho intramolecular Hbond substituents is 1. The Bertz CT molecular complexity index is 1350. The van der Waals surface area contributed by atoms with Gasteiger partial charge in [-0.3, -0.25) is 14.3 Å². The van der Waals surface area contributed by atoms with Crippen LogP contribution in [0.3, 0.4) is 0 Å². The molecule has 0 aliphatic rings. The largest absolute Gasteiger partial charge is 0.506 e. The number of hydrogen-bond acceptors (Lipinski definition) is 7. The first-order valence-corrected chi connectivity index (χ1v) is 13.6. The van der Waals surface area contributed by atoms with Gasteiger partial charge in [0.05, 0.1) is 15.5 Å². The molecule has 2 aromatic carbocycles. The quantitative estimate of drug-likeness (QED) is 0.116. The van der Waals surface area contributed by atoms with Crippen LogP contribution in [0, 0.1) is 7.14 Å². The summed E-state index contributed by atoms with van der Waals surface area (Å²) in [6, 6.07) is 15.1. The smallest absolute Gasteiger partial charge is 0.250 e. The van der Waals surface area contributed by atoms with E-state index in [1.165, 1.54) is 18.0 Å². The summed E-state index contributed by atoms with van der Waals surface area (Å²) in [5.41, 5.74) is 4.75. The van der Waals surface area contributed by atoms with Crippen molar-refractivity contribution in [1.82, 2.24) is 25.2 Å². The van der Waals surface area contributed by atoms with Gasteiger partial charge >= 0.3 is 0 Å². The predicted octanol–water partition coefficient (Wildman–Crippen LogP) is 5.25. The summed E-state index contributed by atoms with van der Waals surface area (Å²) < 4.78 is 4.52. The lowest BCUT2D eigenvalue weighted by molar-refractivity contribution is -0.118. The molecule has 2 N–H and O–H groups in total. The van der Waals surface area contributed by atoms with E-state index in [0.717, 1.165) is 19.3 Å². The maximum absolute atomic E-state index is 12.4. The molecule has 12 heteroatoms. The van der Waals surface area contributed by atoms with E-state index in [9.17, 15) is 9.90 Å². The molecule has 0 unspecified atom stereocenters. The monoisotopic (exact) mass is 760 g/mol. The summed E-state index contributed by atoms with van der Waals surface area (Å²) in [4.78, 5) is 16.5. The molecule has 0 atom stereocenters. The Morgan fingerprint density at radius 3 is 2.62 bits per heavy atom. The van der Waals surface area contributed by atoms with Gasteiger partial charge in [-0.25, -0.2) is 5.43 Å². The zero-order chi connectivity index (χ0) is 24.1. The average molecular weight is 761 g/mol. The molecule has 0 saturated heterocycles. The Morgan fingerprint density at radius 2 is 1.88 bits per heavy atom. The van der Waals surface area contributed by atoms with E-state index in [-0.39, 0.29) is 17.4 Å². The molecule has 172 valence electrons. The van der Waals surface area contributed by atoms with Crippen LogP contribution in [0.4, 0.5) is 0 Å². The number of benzene rings is 2. The second kappa shape index (κ2) is 11.6. The molecule has 0 fully saturated rings. The van der Waals surface area contributed by atoms with E-state index >= 15 is 0 Å². The highest BCUT2D eigenvalue weighted by Gasteiger charge is 2.17. The summed E-state index contributed by atoms with van der Waals surface area (Å²) in [6.45, 7) is 0. The van der Waals surface area contributed by atoms with Crippen molar-refractivity contribution < 1.29 is 9.90 Å². The number of hydrogen-bond donors (Lipinski definition) is 2. The van der Waals surface area contributed by atoms with Crippen LogP contribution in [0.25, 0.3) is 17.1 Å². The SMILES string of the molecule is O=C(CSc1nnc(-c2ccncc2)n1-c1ccc(Br)cc1)N/N=C\c1cc(I)cc(I)c1O. The fourth-order valence-electron chi connectivity index (χ4n) is 2.89. The van der Waals surface area contributed by atoms with Crippen molar-refractivity contribution in [2.24, 2.45) is 5.10 Å². The van der Waals surface area contributed by atoms with Crippen molar-refractivity contribution in [3.8, 4) is 22.8 Å². The highest BCUT2D eigenvalue weighted by atomic mass is 127. The number of aromatic nitrogens is 4. The van der Waals surface area contributed by atoms with Gasteiger partial charge in [-0.15, -0.1) is 10.2 Å². The van der Waals surface area contributed by atoms with Gasteiger partial charge in [-0.2, -0.15) is 5.10 Å². The molecule has 4 rings (SSSR count). The third-order valence-corrected chi connectivity index (χ3v) is 7.34. The molecule has 1 amide bonds. The lowest BCUT2D eigenvalue weighted by Gasteiger charge is -2.10. The minimum atomic E-state index is -0.308. The number of nitrogens with one attached hydrogen (secondary N) is 1. The number of halogens is 3. The number of rotatable bonds is 7. The second-order valence-electron chi connectivity index (χ2n) is 6.76. The average Bonchev–Trinajstić information content (AvgIpc) is 3.26. The topological polar surface area (TPSA) is 105 Å². The van der Waals surface area contributed by atoms with Gasteiger partial charge in [-0.1, -0.05) is 27.7 Å². The maximum atomic E-state index is 12.4. The molecule has 34 heavy (non-hydrogen) atoms. The molecule has 0 spiro atoms. The fraction of sp³-hybridized carbons (Fsp3) is 0.0455. The number of nitrogens with zero attached hydrogens (tertiary/aromatic N) is 5. The van der Waals surface area contributed by atoms with E-state index in [1.807, 2.05) is 69.6 Å². The lowest BCUT2D eigenvalue weighted by Crippen LogP contribution is -2.20. The first kappa shape index (κ1) is 25.1. The molecule has 2 aromatic heterocycles. The van der Waals surface area contributed by atoms with Crippen molar-refractivity contribution in [2.45, 2.75) is 5.16 Å². The first-order valence-electron chi connectivity index (χ1n) is 9.67. The fourth-order valence-corrected chi connectivity index (χ4v) is 5.79. The van der Waals surface area contributed by atoms with Crippen LogP contribution in [-0.4, -0.2) is 42.7 Å². The molecule has 2 heterocycles. The third-order valence-electron chi connectivity index (χ3n) is 4.44. The number of carbonyl (C=O) groups is 1. The number of pyridine rings is 1. The number of hydrazone groups is 1. The van der Waals surface area contributed by atoms with Crippen LogP contribution in [0.5, 0.6) is 5.75 Å². The molecule has 0 radical (unpaired) electrons. The first-order chi connectivity index (χ1) is 16.4. The van der Waals surface area contributed by atoms with E-state index < -0.39 is 0 Å². The van der Waals surface area contributed by atoms with Crippen molar-refractivity contribution >= 4 is 85.0 Å². The van der Waals surface area contributed by atoms with E-state index in [4.69, 9.17) is 0 Å². The minimum Gasteiger partial charge on any atom is -0.506 e. The predicted molar refractivity (Wildman–Crippen MR) is 152 cm³/mol. The zero-order valence-corrected chi connectivity index (χ0v) is 23.9. The Morgan fingerprint density at radius 1 is 1.15 bits per heavy atom. The van der Waals surface area contributed by atoms with Crippen molar-refractivity contribution in [2.75, 3.05) is 5.75 Å². The number of aromatic hydroxyl groups is 1. The summed E-state index contributed by atoms with van der Waals surface area (Å²) in [5, 5.41) is 23.4. The zero-order valence-electron chi connectivity index (χ0n) is 17.2. The molecular weight excluding hydrogens is 746 g/mol. The second-order valence-corrected chi connectivity index (χ2v) is 11.0. The van der Waals surface area contributed by atoms with E-state index in [2.05, 4.69) is 64.2 Å². The normalized spacial score (nSPS) is 11.1. The van der Waals surface area contributed by atoms with Crippen molar-refractivity contribution in [3.63, 3.8) is 0 Å². The van der Waals surface area contributed by atoms with Gasteiger partial charge in [0, 0.05) is 37.3 Å². The molecule has 4 aromatic rings. The number of amides is 1. The number of thioether (sulfide) groups is 1. The summed E-state index contributed by atoms with van der Waals surface area (Å²) in [5.74, 6) is 0.545. The molecular formula is C22H15BrI2N6O2S. The highest BCUT2D eigenvalue weighted by Crippen LogP contribution is 2.28. The van der Waals surface area contributed by atoms with Crippen LogP contribution in [0.15, 0.2) is 75.7 Å².